The van der Waals surface area contributed by atoms with E-state index in [9.17, 15) is 61.0 Å². The first-order valence-corrected chi connectivity index (χ1v) is 37.9. The Labute approximate surface area is 567 Å². The van der Waals surface area contributed by atoms with Gasteiger partial charge in [0, 0.05) is 6.42 Å². The second kappa shape index (κ2) is 56.5. The zero-order valence-corrected chi connectivity index (χ0v) is 58.4. The maximum absolute atomic E-state index is 13.4. The van der Waals surface area contributed by atoms with Gasteiger partial charge in [0.2, 0.25) is 5.91 Å². The first kappa shape index (κ1) is 86.0. The van der Waals surface area contributed by atoms with Crippen molar-refractivity contribution in [3.8, 4) is 0 Å². The predicted octanol–water partition coefficient (Wildman–Crippen LogP) is 11.3. The lowest BCUT2D eigenvalue weighted by molar-refractivity contribution is -0.379. The van der Waals surface area contributed by atoms with Gasteiger partial charge >= 0.3 is 0 Å². The number of hydrogen-bond acceptors (Lipinski definition) is 18. The molecule has 0 radical (unpaired) electrons. The highest BCUT2D eigenvalue weighted by molar-refractivity contribution is 5.76. The van der Waals surface area contributed by atoms with Crippen molar-refractivity contribution in [1.29, 1.82) is 0 Å². The van der Waals surface area contributed by atoms with Gasteiger partial charge in [-0.3, -0.25) is 4.79 Å². The number of carbonyl (C=O) groups is 1. The van der Waals surface area contributed by atoms with Crippen LogP contribution in [0.25, 0.3) is 0 Å². The highest BCUT2D eigenvalue weighted by Gasteiger charge is 2.53. The Balaban J connectivity index is 1.33. The Morgan fingerprint density at radius 2 is 0.681 bits per heavy atom. The summed E-state index contributed by atoms with van der Waals surface area (Å²) in [7, 11) is 0. The van der Waals surface area contributed by atoms with Crippen LogP contribution in [-0.4, -0.2) is 193 Å². The minimum atomic E-state index is -1.98. The molecule has 19 nitrogen and oxygen atoms in total. The highest BCUT2D eigenvalue weighted by atomic mass is 16.8. The van der Waals surface area contributed by atoms with Crippen molar-refractivity contribution < 1.29 is 89.4 Å². The molecule has 0 saturated carbocycles. The molecule has 0 aliphatic carbocycles. The first-order valence-electron chi connectivity index (χ1n) is 37.9. The summed E-state index contributed by atoms with van der Waals surface area (Å²) < 4.78 is 34.3. The van der Waals surface area contributed by atoms with E-state index in [1.54, 1.807) is 6.08 Å². The van der Waals surface area contributed by atoms with Crippen LogP contribution in [0.1, 0.15) is 290 Å². The fraction of sp³-hybridized carbons (Fsp3) is 0.880. The summed E-state index contributed by atoms with van der Waals surface area (Å²) in [5.41, 5.74) is 0. The number of nitrogens with one attached hydrogen (secondary N) is 1. The molecule has 1 amide bonds. The molecule has 3 aliphatic heterocycles. The summed E-state index contributed by atoms with van der Waals surface area (Å²) in [4.78, 5) is 13.4. The SMILES string of the molecule is CCCCCC/C=C/CC/C=C/CC/C=C/C(O)C(COC1OC(CO)C(OC2OC(CO)C(OC3OC(CO)C(O)C(O)C3O)C(O)C2O)C(O)C1O)NC(=O)CCCCCCCCCCCCCCCCCCCCCCCCC/C=C\CCCCCCCCCC. The fourth-order valence-electron chi connectivity index (χ4n) is 12.7. The van der Waals surface area contributed by atoms with Gasteiger partial charge in [-0.1, -0.05) is 262 Å². The minimum Gasteiger partial charge on any atom is -0.394 e. The van der Waals surface area contributed by atoms with Gasteiger partial charge in [-0.15, -0.1) is 0 Å². The van der Waals surface area contributed by atoms with E-state index in [-0.39, 0.29) is 18.9 Å². The van der Waals surface area contributed by atoms with Gasteiger partial charge in [-0.2, -0.15) is 0 Å². The summed E-state index contributed by atoms with van der Waals surface area (Å²) >= 11 is 0. The van der Waals surface area contributed by atoms with E-state index in [2.05, 4.69) is 55.6 Å². The monoisotopic (exact) mass is 1340 g/mol. The maximum atomic E-state index is 13.4. The normalized spacial score (nSPS) is 27.6. The molecule has 3 heterocycles. The fourth-order valence-corrected chi connectivity index (χ4v) is 12.7. The summed E-state index contributed by atoms with van der Waals surface area (Å²) in [5.74, 6) is -0.286. The molecular weight excluding hydrogens is 1200 g/mol. The smallest absolute Gasteiger partial charge is 0.220 e. The molecule has 0 aromatic rings. The highest BCUT2D eigenvalue weighted by Crippen LogP contribution is 2.33. The minimum absolute atomic E-state index is 0.235. The van der Waals surface area contributed by atoms with Crippen LogP contribution in [0.2, 0.25) is 0 Å². The van der Waals surface area contributed by atoms with Crippen molar-refractivity contribution in [2.75, 3.05) is 26.4 Å². The van der Waals surface area contributed by atoms with Gasteiger partial charge in [0.15, 0.2) is 18.9 Å². The Kier molecular flexibility index (Phi) is 51.7. The Morgan fingerprint density at radius 3 is 1.07 bits per heavy atom. The van der Waals surface area contributed by atoms with Crippen LogP contribution < -0.4 is 5.32 Å². The number of aliphatic hydroxyl groups excluding tert-OH is 11. The summed E-state index contributed by atoms with van der Waals surface area (Å²) in [6.45, 7) is 1.70. The van der Waals surface area contributed by atoms with E-state index in [1.165, 1.54) is 212 Å². The molecule has 12 N–H and O–H groups in total. The topological polar surface area (TPSA) is 307 Å². The molecule has 19 heteroatoms. The Bertz CT molecular complexity index is 1890. The van der Waals surface area contributed by atoms with Crippen LogP contribution in [0.5, 0.6) is 0 Å². The average molecular weight is 1340 g/mol. The third-order valence-corrected chi connectivity index (χ3v) is 18.8. The zero-order valence-electron chi connectivity index (χ0n) is 58.4. The van der Waals surface area contributed by atoms with E-state index in [0.29, 0.717) is 12.8 Å². The Hall–Kier alpha value is -2.25. The summed E-state index contributed by atoms with van der Waals surface area (Å²) in [6.07, 6.45) is 42.7. The molecule has 550 valence electrons. The number of allylic oxidation sites excluding steroid dienone is 7. The third-order valence-electron chi connectivity index (χ3n) is 18.8. The van der Waals surface area contributed by atoms with Crippen LogP contribution in [-0.2, 0) is 33.2 Å². The van der Waals surface area contributed by atoms with Crippen LogP contribution in [0.3, 0.4) is 0 Å². The number of unbranched alkanes of at least 4 members (excludes halogenated alkanes) is 37. The van der Waals surface area contributed by atoms with Crippen molar-refractivity contribution in [1.82, 2.24) is 5.32 Å². The molecular formula is C75H137NO18. The molecule has 0 bridgehead atoms. The number of rotatable bonds is 59. The van der Waals surface area contributed by atoms with E-state index in [0.717, 1.165) is 44.9 Å². The second-order valence-electron chi connectivity index (χ2n) is 27.1. The molecule has 0 spiro atoms. The quantitative estimate of drug-likeness (QED) is 0.0199. The maximum Gasteiger partial charge on any atom is 0.220 e. The van der Waals surface area contributed by atoms with Crippen LogP contribution >= 0.6 is 0 Å². The van der Waals surface area contributed by atoms with E-state index < -0.39 is 124 Å². The second-order valence-corrected chi connectivity index (χ2v) is 27.1. The van der Waals surface area contributed by atoms with Gasteiger partial charge in [-0.25, -0.2) is 0 Å². The molecule has 0 aromatic heterocycles. The lowest BCUT2D eigenvalue weighted by Gasteiger charge is -2.48. The van der Waals surface area contributed by atoms with Gasteiger partial charge in [0.05, 0.1) is 38.6 Å². The van der Waals surface area contributed by atoms with Gasteiger partial charge in [0.25, 0.3) is 0 Å². The van der Waals surface area contributed by atoms with E-state index in [1.807, 2.05) is 6.08 Å². The summed E-state index contributed by atoms with van der Waals surface area (Å²) in [6, 6.07) is -0.995. The summed E-state index contributed by atoms with van der Waals surface area (Å²) in [5, 5.41) is 120. The predicted molar refractivity (Wildman–Crippen MR) is 369 cm³/mol. The van der Waals surface area contributed by atoms with Crippen LogP contribution in [0.4, 0.5) is 0 Å². The molecule has 17 unspecified atom stereocenters. The van der Waals surface area contributed by atoms with Gasteiger partial charge < -0.3 is 89.9 Å². The lowest BCUT2D eigenvalue weighted by atomic mass is 9.96. The van der Waals surface area contributed by atoms with Crippen molar-refractivity contribution in [3.05, 3.63) is 48.6 Å². The van der Waals surface area contributed by atoms with Crippen molar-refractivity contribution in [3.63, 3.8) is 0 Å². The number of aliphatic hydroxyl groups is 11. The number of hydrogen-bond donors (Lipinski definition) is 12. The van der Waals surface area contributed by atoms with Gasteiger partial charge in [0.1, 0.15) is 73.2 Å². The number of carbonyl (C=O) groups excluding carboxylic acids is 1. The van der Waals surface area contributed by atoms with Crippen LogP contribution in [0, 0.1) is 0 Å². The van der Waals surface area contributed by atoms with Crippen LogP contribution in [0.15, 0.2) is 48.6 Å². The van der Waals surface area contributed by atoms with E-state index in [4.69, 9.17) is 28.4 Å². The lowest BCUT2D eigenvalue weighted by Crippen LogP contribution is -2.66. The molecule has 3 aliphatic rings. The zero-order chi connectivity index (χ0) is 68.2. The molecule has 3 rings (SSSR count). The molecule has 3 saturated heterocycles. The largest absolute Gasteiger partial charge is 0.394 e. The van der Waals surface area contributed by atoms with Gasteiger partial charge in [-0.05, 0) is 70.6 Å². The number of ether oxygens (including phenoxy) is 6. The third kappa shape index (κ3) is 37.3. The average Bonchev–Trinajstić information content (AvgIpc) is 0.787. The molecule has 17 atom stereocenters. The Morgan fingerprint density at radius 1 is 0.372 bits per heavy atom. The van der Waals surface area contributed by atoms with E-state index >= 15 is 0 Å². The molecule has 3 fully saturated rings. The molecule has 0 aromatic carbocycles. The van der Waals surface area contributed by atoms with Crippen molar-refractivity contribution >= 4 is 5.91 Å². The first-order chi connectivity index (χ1) is 45.8. The van der Waals surface area contributed by atoms with Crippen molar-refractivity contribution in [2.24, 2.45) is 0 Å². The standard InChI is InChI=1S/C75H137NO18/c1-3-5-7-9-11-13-15-17-19-20-21-22-23-24-25-26-27-28-29-30-31-32-33-34-35-36-37-38-39-41-43-45-47-49-51-53-63(81)76-58(59(80)52-50-48-46-44-42-40-18-16-14-12-10-8-6-4-2)57-89-73-69(87)66(84)71(61(55-78)91-73)94-75-70(88)67(85)72(62(56-79)92-75)93-74-68(86)65(83)64(82)60(54-77)90-74/h14,16,20-21,42,44,50,52,58-62,64-75,77-80,82-88H,3-13,15,17-19,22-41,43,45-49,51,53-57H2,1-2H3,(H,76,81)/b16-14+,21-20-,44-42+,52-50+. The molecule has 94 heavy (non-hydrogen) atoms. The van der Waals surface area contributed by atoms with Crippen molar-refractivity contribution in [2.45, 2.75) is 394 Å². The number of amides is 1.